The molecule has 1 aromatic heterocycles. The summed E-state index contributed by atoms with van der Waals surface area (Å²) in [4.78, 5) is 0. The van der Waals surface area contributed by atoms with Crippen molar-refractivity contribution in [1.29, 1.82) is 0 Å². The smallest absolute Gasteiger partial charge is 0.198 e. The Bertz CT molecular complexity index is 1110. The predicted molar refractivity (Wildman–Crippen MR) is 110 cm³/mol. The van der Waals surface area contributed by atoms with Crippen LogP contribution in [-0.4, -0.2) is 0 Å². The summed E-state index contributed by atoms with van der Waals surface area (Å²) in [5.41, 5.74) is 9.06. The first kappa shape index (κ1) is 16.5. The molecule has 0 unspecified atom stereocenters. The van der Waals surface area contributed by atoms with Crippen molar-refractivity contribution in [2.24, 2.45) is 7.05 Å². The van der Waals surface area contributed by atoms with Crippen molar-refractivity contribution in [1.82, 2.24) is 0 Å². The van der Waals surface area contributed by atoms with Gasteiger partial charge in [0, 0.05) is 12.5 Å². The molecule has 0 spiro atoms. The van der Waals surface area contributed by atoms with E-state index in [1.807, 2.05) is 0 Å². The third-order valence-corrected chi connectivity index (χ3v) is 5.57. The van der Waals surface area contributed by atoms with E-state index in [9.17, 15) is 0 Å². The molecule has 0 aliphatic rings. The van der Waals surface area contributed by atoms with Crippen molar-refractivity contribution >= 4 is 10.8 Å². The average Bonchev–Trinajstić information content (AvgIpc) is 2.68. The minimum atomic E-state index is 1.25. The van der Waals surface area contributed by atoms with Gasteiger partial charge in [-0.15, -0.1) is 0 Å². The zero-order chi connectivity index (χ0) is 18.3. The number of hydrogen-bond donors (Lipinski definition) is 0. The van der Waals surface area contributed by atoms with Gasteiger partial charge >= 0.3 is 0 Å². The maximum Gasteiger partial charge on any atom is 0.220 e. The van der Waals surface area contributed by atoms with Crippen molar-refractivity contribution in [3.63, 3.8) is 0 Å². The highest BCUT2D eigenvalue weighted by atomic mass is 14.9. The summed E-state index contributed by atoms with van der Waals surface area (Å²) in [5, 5.41) is 2.65. The quantitative estimate of drug-likeness (QED) is 0.399. The van der Waals surface area contributed by atoms with E-state index in [-0.39, 0.29) is 0 Å². The van der Waals surface area contributed by atoms with E-state index in [2.05, 4.69) is 105 Å². The van der Waals surface area contributed by atoms with E-state index in [0.29, 0.717) is 0 Å². The molecule has 0 amide bonds. The van der Waals surface area contributed by atoms with Crippen molar-refractivity contribution < 1.29 is 4.57 Å². The second-order valence-corrected chi connectivity index (χ2v) is 7.06. The summed E-state index contributed by atoms with van der Waals surface area (Å²) >= 11 is 0. The Kier molecular flexibility index (Phi) is 4.08. The van der Waals surface area contributed by atoms with Crippen LogP contribution in [0.3, 0.4) is 0 Å². The van der Waals surface area contributed by atoms with Crippen LogP contribution in [0.1, 0.15) is 16.8 Å². The lowest BCUT2D eigenvalue weighted by atomic mass is 9.93. The SMILES string of the molecule is Cc1ccc(-c2ccccc2)cc1-c1c2ccccc2c(C)c(C)[n+]1C. The molecule has 1 nitrogen and oxygen atoms in total. The Morgan fingerprint density at radius 1 is 0.654 bits per heavy atom. The minimum absolute atomic E-state index is 1.25. The molecule has 0 bridgehead atoms. The number of rotatable bonds is 2. The number of fused-ring (bicyclic) bond motifs is 1. The van der Waals surface area contributed by atoms with Crippen LogP contribution in [0.2, 0.25) is 0 Å². The molecule has 1 heteroatoms. The molecule has 0 aliphatic carbocycles. The van der Waals surface area contributed by atoms with E-state index in [1.54, 1.807) is 0 Å². The lowest BCUT2D eigenvalue weighted by Gasteiger charge is -2.13. The molecule has 0 N–H and O–H groups in total. The summed E-state index contributed by atoms with van der Waals surface area (Å²) in [7, 11) is 2.18. The Labute approximate surface area is 155 Å². The van der Waals surface area contributed by atoms with Crippen LogP contribution in [-0.2, 0) is 7.05 Å². The zero-order valence-corrected chi connectivity index (χ0v) is 15.9. The Hall–Kier alpha value is -2.93. The number of aromatic nitrogens is 1. The van der Waals surface area contributed by atoms with Crippen molar-refractivity contribution in [3.8, 4) is 22.4 Å². The molecule has 0 radical (unpaired) electrons. The fourth-order valence-electron chi connectivity index (χ4n) is 3.82. The van der Waals surface area contributed by atoms with E-state index in [0.717, 1.165) is 0 Å². The van der Waals surface area contributed by atoms with Crippen LogP contribution in [0.15, 0.2) is 72.8 Å². The molecule has 128 valence electrons. The van der Waals surface area contributed by atoms with Crippen LogP contribution in [0.4, 0.5) is 0 Å². The van der Waals surface area contributed by atoms with E-state index in [1.165, 1.54) is 50.0 Å². The monoisotopic (exact) mass is 338 g/mol. The first-order valence-corrected chi connectivity index (χ1v) is 9.12. The second-order valence-electron chi connectivity index (χ2n) is 7.06. The molecule has 26 heavy (non-hydrogen) atoms. The van der Waals surface area contributed by atoms with E-state index in [4.69, 9.17) is 0 Å². The van der Waals surface area contributed by atoms with Crippen LogP contribution in [0, 0.1) is 20.8 Å². The molecule has 0 saturated carbocycles. The maximum atomic E-state index is 2.34. The summed E-state index contributed by atoms with van der Waals surface area (Å²) in [6.07, 6.45) is 0. The summed E-state index contributed by atoms with van der Waals surface area (Å²) < 4.78 is 2.34. The van der Waals surface area contributed by atoms with Gasteiger partial charge in [0.1, 0.15) is 7.05 Å². The lowest BCUT2D eigenvalue weighted by molar-refractivity contribution is -0.665. The number of aryl methyl sites for hydroxylation is 2. The highest BCUT2D eigenvalue weighted by molar-refractivity contribution is 5.96. The van der Waals surface area contributed by atoms with Crippen molar-refractivity contribution in [3.05, 3.63) is 89.6 Å². The number of hydrogen-bond acceptors (Lipinski definition) is 0. The topological polar surface area (TPSA) is 3.88 Å². The van der Waals surface area contributed by atoms with Gasteiger partial charge in [0.25, 0.3) is 0 Å². The molecule has 0 aliphatic heterocycles. The Morgan fingerprint density at radius 3 is 2.04 bits per heavy atom. The first-order valence-electron chi connectivity index (χ1n) is 9.12. The van der Waals surface area contributed by atoms with Gasteiger partial charge in [-0.05, 0) is 48.1 Å². The van der Waals surface area contributed by atoms with Gasteiger partial charge in [-0.2, -0.15) is 4.57 Å². The van der Waals surface area contributed by atoms with Gasteiger partial charge in [-0.1, -0.05) is 60.7 Å². The third kappa shape index (κ3) is 2.61. The molecule has 0 fully saturated rings. The summed E-state index contributed by atoms with van der Waals surface area (Å²) in [6.45, 7) is 6.63. The van der Waals surface area contributed by atoms with Gasteiger partial charge in [-0.25, -0.2) is 0 Å². The largest absolute Gasteiger partial charge is 0.220 e. The Morgan fingerprint density at radius 2 is 1.31 bits per heavy atom. The fraction of sp³-hybridized carbons (Fsp3) is 0.160. The summed E-state index contributed by atoms with van der Waals surface area (Å²) in [6, 6.07) is 26.1. The molecular weight excluding hydrogens is 314 g/mol. The fourth-order valence-corrected chi connectivity index (χ4v) is 3.82. The summed E-state index contributed by atoms with van der Waals surface area (Å²) in [5.74, 6) is 0. The predicted octanol–water partition coefficient (Wildman–Crippen LogP) is 5.92. The first-order chi connectivity index (χ1) is 12.6. The van der Waals surface area contributed by atoms with E-state index < -0.39 is 0 Å². The average molecular weight is 338 g/mol. The molecule has 4 aromatic rings. The van der Waals surface area contributed by atoms with E-state index >= 15 is 0 Å². The van der Waals surface area contributed by atoms with Gasteiger partial charge in [0.15, 0.2) is 5.69 Å². The van der Waals surface area contributed by atoms with Crippen molar-refractivity contribution in [2.75, 3.05) is 0 Å². The standard InChI is InChI=1S/C25H24N/c1-17-14-15-21(20-10-6-5-7-11-20)16-24(17)25-23-13-9-8-12-22(23)18(2)19(3)26(25)4/h5-16H,1-4H3/q+1. The minimum Gasteiger partial charge on any atom is -0.198 e. The van der Waals surface area contributed by atoms with Gasteiger partial charge in [0.2, 0.25) is 5.69 Å². The third-order valence-electron chi connectivity index (χ3n) is 5.57. The van der Waals surface area contributed by atoms with Crippen LogP contribution < -0.4 is 4.57 Å². The van der Waals surface area contributed by atoms with Gasteiger partial charge in [0.05, 0.1) is 10.9 Å². The van der Waals surface area contributed by atoms with Crippen molar-refractivity contribution in [2.45, 2.75) is 20.8 Å². The number of benzene rings is 3. The van der Waals surface area contributed by atoms with Gasteiger partial charge in [-0.3, -0.25) is 0 Å². The molecular formula is C25H24N+. The molecule has 4 rings (SSSR count). The van der Waals surface area contributed by atoms with Gasteiger partial charge < -0.3 is 0 Å². The zero-order valence-electron chi connectivity index (χ0n) is 15.9. The second kappa shape index (κ2) is 6.42. The molecule has 0 atom stereocenters. The van der Waals surface area contributed by atoms with Crippen LogP contribution >= 0.6 is 0 Å². The van der Waals surface area contributed by atoms with Crippen LogP contribution in [0.25, 0.3) is 33.2 Å². The Balaban J connectivity index is 2.05. The highest BCUT2D eigenvalue weighted by Gasteiger charge is 2.22. The number of nitrogens with zero attached hydrogens (tertiary/aromatic N) is 1. The molecule has 3 aromatic carbocycles. The molecule has 1 heterocycles. The maximum absolute atomic E-state index is 2.34. The normalized spacial score (nSPS) is 11.1. The lowest BCUT2D eigenvalue weighted by Crippen LogP contribution is -2.36. The van der Waals surface area contributed by atoms with Crippen LogP contribution in [0.5, 0.6) is 0 Å². The molecule has 0 saturated heterocycles. The highest BCUT2D eigenvalue weighted by Crippen LogP contribution is 2.33. The number of pyridine rings is 1.